The molecule has 4 aliphatic carbocycles. The summed E-state index contributed by atoms with van der Waals surface area (Å²) in [5, 5.41) is 0. The van der Waals surface area contributed by atoms with E-state index in [0.717, 1.165) is 17.8 Å². The third-order valence-corrected chi connectivity index (χ3v) is 9.43. The van der Waals surface area contributed by atoms with Crippen molar-refractivity contribution in [3.63, 3.8) is 0 Å². The van der Waals surface area contributed by atoms with Crippen LogP contribution in [0.1, 0.15) is 71.6 Å². The maximum Gasteiger partial charge on any atom is 0.184 e. The minimum absolute atomic E-state index is 0.466. The zero-order valence-electron chi connectivity index (χ0n) is 16.7. The van der Waals surface area contributed by atoms with E-state index in [4.69, 9.17) is 4.43 Å². The molecule has 1 nitrogen and oxygen atoms in total. The molecule has 1 unspecified atom stereocenters. The molecule has 0 aromatic rings. The summed E-state index contributed by atoms with van der Waals surface area (Å²) in [6.45, 7) is 12.3. The minimum Gasteiger partial charge on any atom is -0.414 e. The van der Waals surface area contributed by atoms with Crippen LogP contribution in [0.2, 0.25) is 19.6 Å². The van der Waals surface area contributed by atoms with Gasteiger partial charge in [0.25, 0.3) is 0 Å². The van der Waals surface area contributed by atoms with E-state index in [2.05, 4.69) is 39.6 Å². The van der Waals surface area contributed by atoms with Crippen molar-refractivity contribution in [3.05, 3.63) is 11.6 Å². The van der Waals surface area contributed by atoms with Crippen molar-refractivity contribution in [3.8, 4) is 0 Å². The van der Waals surface area contributed by atoms with Crippen LogP contribution >= 0.6 is 0 Å². The van der Waals surface area contributed by atoms with Crippen molar-refractivity contribution < 1.29 is 4.43 Å². The Morgan fingerprint density at radius 2 is 1.79 bits per heavy atom. The van der Waals surface area contributed by atoms with Gasteiger partial charge in [0.2, 0.25) is 0 Å². The first-order chi connectivity index (χ1) is 11.2. The van der Waals surface area contributed by atoms with Gasteiger partial charge >= 0.3 is 0 Å². The summed E-state index contributed by atoms with van der Waals surface area (Å²) in [6.07, 6.45) is 15.9. The third kappa shape index (κ3) is 2.58. The van der Waals surface area contributed by atoms with Gasteiger partial charge in [0.05, 0.1) is 6.10 Å². The second-order valence-corrected chi connectivity index (χ2v) is 15.3. The molecule has 6 atom stereocenters. The van der Waals surface area contributed by atoms with Crippen molar-refractivity contribution in [1.82, 2.24) is 0 Å². The SMILES string of the molecule is C[C@]12CCCC=C1CC[C@@H]1[C@@H]2CC[C@]2(C)C(O[Si](C)(C)C)CC[C@@H]12. The molecule has 0 radical (unpaired) electrons. The molecule has 4 rings (SSSR count). The van der Waals surface area contributed by atoms with Gasteiger partial charge in [0.1, 0.15) is 0 Å². The third-order valence-electron chi connectivity index (χ3n) is 8.44. The molecule has 3 fully saturated rings. The first-order valence-electron chi connectivity index (χ1n) is 10.6. The van der Waals surface area contributed by atoms with Gasteiger partial charge in [0.15, 0.2) is 8.32 Å². The number of fused-ring (bicyclic) bond motifs is 5. The lowest BCUT2D eigenvalue weighted by molar-refractivity contribution is -0.0690. The highest BCUT2D eigenvalue weighted by atomic mass is 28.4. The lowest BCUT2D eigenvalue weighted by Gasteiger charge is -2.58. The summed E-state index contributed by atoms with van der Waals surface area (Å²) in [7, 11) is -1.44. The van der Waals surface area contributed by atoms with Crippen LogP contribution in [0.15, 0.2) is 11.6 Å². The van der Waals surface area contributed by atoms with Gasteiger partial charge in [-0.25, -0.2) is 0 Å². The summed E-state index contributed by atoms with van der Waals surface area (Å²) >= 11 is 0. The van der Waals surface area contributed by atoms with Crippen LogP contribution in [0.25, 0.3) is 0 Å². The highest BCUT2D eigenvalue weighted by molar-refractivity contribution is 6.69. The summed E-state index contributed by atoms with van der Waals surface area (Å²) in [6, 6.07) is 0. The van der Waals surface area contributed by atoms with Gasteiger partial charge in [-0.3, -0.25) is 0 Å². The summed E-state index contributed by atoms with van der Waals surface area (Å²) < 4.78 is 6.71. The van der Waals surface area contributed by atoms with Crippen molar-refractivity contribution in [2.24, 2.45) is 28.6 Å². The smallest absolute Gasteiger partial charge is 0.184 e. The minimum atomic E-state index is -1.44. The van der Waals surface area contributed by atoms with Crippen molar-refractivity contribution in [2.45, 2.75) is 97.4 Å². The van der Waals surface area contributed by atoms with Gasteiger partial charge in [-0.15, -0.1) is 0 Å². The van der Waals surface area contributed by atoms with E-state index in [0.29, 0.717) is 16.9 Å². The fourth-order valence-corrected chi connectivity index (χ4v) is 8.57. The predicted molar refractivity (Wildman–Crippen MR) is 105 cm³/mol. The van der Waals surface area contributed by atoms with Crippen LogP contribution in [-0.2, 0) is 4.43 Å². The Balaban J connectivity index is 1.60. The topological polar surface area (TPSA) is 9.23 Å². The molecule has 24 heavy (non-hydrogen) atoms. The van der Waals surface area contributed by atoms with Crippen molar-refractivity contribution in [2.75, 3.05) is 0 Å². The van der Waals surface area contributed by atoms with Crippen molar-refractivity contribution >= 4 is 8.32 Å². The highest BCUT2D eigenvalue weighted by Gasteiger charge is 2.59. The zero-order chi connectivity index (χ0) is 17.2. The predicted octanol–water partition coefficient (Wildman–Crippen LogP) is 6.56. The van der Waals surface area contributed by atoms with E-state index >= 15 is 0 Å². The number of allylic oxidation sites excluding steroid dienone is 2. The quantitative estimate of drug-likeness (QED) is 0.406. The van der Waals surface area contributed by atoms with E-state index in [1.807, 2.05) is 5.57 Å². The second-order valence-electron chi connectivity index (χ2n) is 10.8. The maximum absolute atomic E-state index is 6.71. The van der Waals surface area contributed by atoms with Gasteiger partial charge in [-0.2, -0.15) is 0 Å². The Hall–Kier alpha value is -0.0831. The molecule has 0 heterocycles. The Kier molecular flexibility index (Phi) is 4.12. The van der Waals surface area contributed by atoms with Gasteiger partial charge in [-0.1, -0.05) is 25.5 Å². The van der Waals surface area contributed by atoms with Crippen LogP contribution in [-0.4, -0.2) is 14.4 Å². The zero-order valence-corrected chi connectivity index (χ0v) is 17.7. The molecule has 3 saturated carbocycles. The molecule has 0 amide bonds. The molecule has 4 aliphatic rings. The van der Waals surface area contributed by atoms with E-state index in [1.165, 1.54) is 57.8 Å². The fourth-order valence-electron chi connectivity index (χ4n) is 7.33. The molecule has 0 bridgehead atoms. The summed E-state index contributed by atoms with van der Waals surface area (Å²) in [5.74, 6) is 2.86. The number of rotatable bonds is 2. The van der Waals surface area contributed by atoms with Crippen LogP contribution in [0.5, 0.6) is 0 Å². The standard InChI is InChI=1S/C22H38OSi/c1-21-14-7-6-8-16(21)9-10-17-18-11-12-20(23-24(3,4)5)22(18,2)15-13-19(17)21/h8,17-20H,6-7,9-15H2,1-5H3/t17-,18-,19-,20?,21-,22-/m0/s1. The Labute approximate surface area is 150 Å². The summed E-state index contributed by atoms with van der Waals surface area (Å²) in [5.41, 5.74) is 2.85. The van der Waals surface area contributed by atoms with E-state index in [-0.39, 0.29) is 0 Å². The van der Waals surface area contributed by atoms with E-state index in [9.17, 15) is 0 Å². The molecule has 0 N–H and O–H groups in total. The molecule has 0 aromatic carbocycles. The second kappa shape index (κ2) is 5.71. The molecular weight excluding hydrogens is 308 g/mol. The molecule has 0 aliphatic heterocycles. The highest BCUT2D eigenvalue weighted by Crippen LogP contribution is 2.65. The normalized spacial score (nSPS) is 48.3. The Morgan fingerprint density at radius 3 is 2.54 bits per heavy atom. The van der Waals surface area contributed by atoms with Gasteiger partial charge in [-0.05, 0) is 106 Å². The molecule has 0 saturated heterocycles. The maximum atomic E-state index is 6.71. The Morgan fingerprint density at radius 1 is 1.00 bits per heavy atom. The monoisotopic (exact) mass is 346 g/mol. The fraction of sp³-hybridized carbons (Fsp3) is 0.909. The molecule has 0 spiro atoms. The van der Waals surface area contributed by atoms with E-state index in [1.54, 1.807) is 0 Å². The number of hydrogen-bond donors (Lipinski definition) is 0. The van der Waals surface area contributed by atoms with Crippen LogP contribution in [0.4, 0.5) is 0 Å². The van der Waals surface area contributed by atoms with Crippen LogP contribution < -0.4 is 0 Å². The van der Waals surface area contributed by atoms with Gasteiger partial charge in [0, 0.05) is 0 Å². The molecule has 136 valence electrons. The van der Waals surface area contributed by atoms with Gasteiger partial charge < -0.3 is 4.43 Å². The summed E-state index contributed by atoms with van der Waals surface area (Å²) in [4.78, 5) is 0. The average molecular weight is 347 g/mol. The lowest BCUT2D eigenvalue weighted by Crippen LogP contribution is -2.52. The van der Waals surface area contributed by atoms with E-state index < -0.39 is 8.32 Å². The Bertz CT molecular complexity index is 533. The number of hydrogen-bond acceptors (Lipinski definition) is 1. The first-order valence-corrected chi connectivity index (χ1v) is 14.0. The molecule has 2 heteroatoms. The van der Waals surface area contributed by atoms with Crippen LogP contribution in [0, 0.1) is 28.6 Å². The molecule has 0 aromatic heterocycles. The average Bonchev–Trinajstić information content (AvgIpc) is 2.82. The first kappa shape index (κ1) is 17.3. The van der Waals surface area contributed by atoms with Crippen LogP contribution in [0.3, 0.4) is 0 Å². The lowest BCUT2D eigenvalue weighted by atomic mass is 9.47. The largest absolute Gasteiger partial charge is 0.414 e. The molecular formula is C22H38OSi. The van der Waals surface area contributed by atoms with Crippen molar-refractivity contribution in [1.29, 1.82) is 0 Å².